The molecule has 0 amide bonds. The zero-order valence-corrected chi connectivity index (χ0v) is 11.8. The fourth-order valence-electron chi connectivity index (χ4n) is 1.51. The molecule has 0 radical (unpaired) electrons. The van der Waals surface area contributed by atoms with E-state index in [0.717, 1.165) is 20.4 Å². The number of hydrogen-bond acceptors (Lipinski definition) is 3. The fourth-order valence-corrected chi connectivity index (χ4v) is 2.69. The summed E-state index contributed by atoms with van der Waals surface area (Å²) in [5.74, 6) is 0.883. The quantitative estimate of drug-likeness (QED) is 0.598. The summed E-state index contributed by atoms with van der Waals surface area (Å²) in [4.78, 5) is 1.16. The van der Waals surface area contributed by atoms with Crippen molar-refractivity contribution in [3.05, 3.63) is 60.2 Å². The Morgan fingerprint density at radius 1 is 1.06 bits per heavy atom. The van der Waals surface area contributed by atoms with Gasteiger partial charge in [-0.1, -0.05) is 42.2 Å². The highest BCUT2D eigenvalue weighted by Gasteiger charge is 2.03. The SMILES string of the molecule is CCOc1ccc(C(=S)Sc2ccccc2)cc1. The summed E-state index contributed by atoms with van der Waals surface area (Å²) in [6, 6.07) is 18.1. The van der Waals surface area contributed by atoms with E-state index in [0.29, 0.717) is 6.61 Å². The van der Waals surface area contributed by atoms with E-state index in [1.165, 1.54) is 0 Å². The lowest BCUT2D eigenvalue weighted by Gasteiger charge is -2.06. The van der Waals surface area contributed by atoms with Crippen molar-refractivity contribution in [2.45, 2.75) is 11.8 Å². The highest BCUT2D eigenvalue weighted by molar-refractivity contribution is 8.23. The molecule has 0 unspecified atom stereocenters. The van der Waals surface area contributed by atoms with Crippen LogP contribution in [0.2, 0.25) is 0 Å². The Balaban J connectivity index is 2.05. The molecule has 1 nitrogen and oxygen atoms in total. The average molecular weight is 274 g/mol. The average Bonchev–Trinajstić information content (AvgIpc) is 2.41. The smallest absolute Gasteiger partial charge is 0.119 e. The Bertz CT molecular complexity index is 506. The first kappa shape index (κ1) is 13.1. The summed E-state index contributed by atoms with van der Waals surface area (Å²) in [6.07, 6.45) is 0. The van der Waals surface area contributed by atoms with E-state index in [1.807, 2.05) is 49.4 Å². The van der Waals surface area contributed by atoms with Crippen LogP contribution in [0.5, 0.6) is 5.75 Å². The molecule has 0 aliphatic carbocycles. The third-order valence-electron chi connectivity index (χ3n) is 2.35. The first-order valence-electron chi connectivity index (χ1n) is 5.79. The van der Waals surface area contributed by atoms with Crippen molar-refractivity contribution in [2.24, 2.45) is 0 Å². The van der Waals surface area contributed by atoms with E-state index in [-0.39, 0.29) is 0 Å². The van der Waals surface area contributed by atoms with Gasteiger partial charge in [0.1, 0.15) is 5.75 Å². The number of thioether (sulfide) groups is 1. The largest absolute Gasteiger partial charge is 0.494 e. The molecule has 0 aliphatic rings. The minimum Gasteiger partial charge on any atom is -0.494 e. The molecule has 0 spiro atoms. The van der Waals surface area contributed by atoms with Crippen molar-refractivity contribution < 1.29 is 4.74 Å². The summed E-state index contributed by atoms with van der Waals surface area (Å²) in [7, 11) is 0. The highest BCUT2D eigenvalue weighted by Crippen LogP contribution is 2.24. The molecule has 0 saturated heterocycles. The lowest BCUT2D eigenvalue weighted by Crippen LogP contribution is -1.94. The second-order valence-electron chi connectivity index (χ2n) is 3.66. The van der Waals surface area contributed by atoms with Crippen LogP contribution in [0.1, 0.15) is 12.5 Å². The van der Waals surface area contributed by atoms with Crippen LogP contribution in [0.4, 0.5) is 0 Å². The number of ether oxygens (including phenoxy) is 1. The second-order valence-corrected chi connectivity index (χ2v) is 5.41. The molecule has 0 saturated carbocycles. The number of hydrogen-bond donors (Lipinski definition) is 0. The maximum Gasteiger partial charge on any atom is 0.119 e. The van der Waals surface area contributed by atoms with Crippen LogP contribution in [-0.4, -0.2) is 10.8 Å². The van der Waals surface area contributed by atoms with Crippen molar-refractivity contribution in [1.82, 2.24) is 0 Å². The van der Waals surface area contributed by atoms with Gasteiger partial charge in [0.15, 0.2) is 0 Å². The van der Waals surface area contributed by atoms with Crippen molar-refractivity contribution in [1.29, 1.82) is 0 Å². The minimum atomic E-state index is 0.683. The van der Waals surface area contributed by atoms with Gasteiger partial charge in [-0.15, -0.1) is 0 Å². The zero-order valence-electron chi connectivity index (χ0n) is 10.1. The standard InChI is InChI=1S/C15H14OS2/c1-2-16-13-10-8-12(9-11-13)15(17)18-14-6-4-3-5-7-14/h3-11H,2H2,1H3. The van der Waals surface area contributed by atoms with Gasteiger partial charge in [0.25, 0.3) is 0 Å². The molecule has 0 N–H and O–H groups in total. The molecule has 0 atom stereocenters. The number of thiocarbonyl (C=S) groups is 1. The monoisotopic (exact) mass is 274 g/mol. The Morgan fingerprint density at radius 2 is 1.72 bits per heavy atom. The molecule has 2 rings (SSSR count). The van der Waals surface area contributed by atoms with E-state index in [2.05, 4.69) is 12.1 Å². The second kappa shape index (κ2) is 6.57. The molecular formula is C15H14OS2. The van der Waals surface area contributed by atoms with Gasteiger partial charge in [0, 0.05) is 4.90 Å². The highest BCUT2D eigenvalue weighted by atomic mass is 32.2. The van der Waals surface area contributed by atoms with E-state index < -0.39 is 0 Å². The van der Waals surface area contributed by atoms with Crippen LogP contribution >= 0.6 is 24.0 Å². The van der Waals surface area contributed by atoms with E-state index in [1.54, 1.807) is 11.8 Å². The van der Waals surface area contributed by atoms with Crippen LogP contribution in [-0.2, 0) is 0 Å². The summed E-state index contributed by atoms with van der Waals surface area (Å²) in [6.45, 7) is 2.66. The van der Waals surface area contributed by atoms with Crippen LogP contribution in [0.25, 0.3) is 0 Å². The summed E-state index contributed by atoms with van der Waals surface area (Å²) in [5.41, 5.74) is 1.06. The van der Waals surface area contributed by atoms with E-state index in [4.69, 9.17) is 17.0 Å². The summed E-state index contributed by atoms with van der Waals surface area (Å²) in [5, 5.41) is 0. The summed E-state index contributed by atoms with van der Waals surface area (Å²) < 4.78 is 6.29. The molecule has 0 fully saturated rings. The Kier molecular flexibility index (Phi) is 4.79. The third-order valence-corrected chi connectivity index (χ3v) is 3.77. The Hall–Kier alpha value is -1.32. The fraction of sp³-hybridized carbons (Fsp3) is 0.133. The zero-order chi connectivity index (χ0) is 12.8. The molecule has 18 heavy (non-hydrogen) atoms. The van der Waals surface area contributed by atoms with Gasteiger partial charge < -0.3 is 4.74 Å². The van der Waals surface area contributed by atoms with Crippen LogP contribution in [0.15, 0.2) is 59.5 Å². The van der Waals surface area contributed by atoms with Gasteiger partial charge in [-0.05, 0) is 48.9 Å². The van der Waals surface area contributed by atoms with Gasteiger partial charge in [-0.25, -0.2) is 0 Å². The normalized spacial score (nSPS) is 10.1. The molecule has 0 aromatic heterocycles. The van der Waals surface area contributed by atoms with E-state index in [9.17, 15) is 0 Å². The lowest BCUT2D eigenvalue weighted by atomic mass is 10.2. The summed E-state index contributed by atoms with van der Waals surface area (Å²) >= 11 is 7.04. The molecule has 3 heteroatoms. The van der Waals surface area contributed by atoms with Crippen LogP contribution in [0.3, 0.4) is 0 Å². The van der Waals surface area contributed by atoms with Gasteiger partial charge in [-0.3, -0.25) is 0 Å². The minimum absolute atomic E-state index is 0.683. The first-order valence-corrected chi connectivity index (χ1v) is 7.02. The Labute approximate surface area is 117 Å². The topological polar surface area (TPSA) is 9.23 Å². The molecule has 92 valence electrons. The third kappa shape index (κ3) is 3.59. The molecule has 2 aromatic carbocycles. The molecule has 0 bridgehead atoms. The predicted octanol–water partition coefficient (Wildman–Crippen LogP) is 4.55. The van der Waals surface area contributed by atoms with Gasteiger partial charge in [0.05, 0.1) is 10.8 Å². The molecular weight excluding hydrogens is 260 g/mol. The van der Waals surface area contributed by atoms with Crippen molar-refractivity contribution in [2.75, 3.05) is 6.61 Å². The maximum atomic E-state index is 5.43. The molecule has 2 aromatic rings. The number of rotatable bonds is 4. The van der Waals surface area contributed by atoms with Crippen molar-refractivity contribution >= 4 is 28.2 Å². The van der Waals surface area contributed by atoms with Crippen molar-refractivity contribution in [3.63, 3.8) is 0 Å². The van der Waals surface area contributed by atoms with Gasteiger partial charge in [0.2, 0.25) is 0 Å². The lowest BCUT2D eigenvalue weighted by molar-refractivity contribution is 0.340. The Morgan fingerprint density at radius 3 is 2.33 bits per heavy atom. The first-order chi connectivity index (χ1) is 8.79. The van der Waals surface area contributed by atoms with Crippen LogP contribution in [0, 0.1) is 0 Å². The molecule has 0 aliphatic heterocycles. The van der Waals surface area contributed by atoms with Gasteiger partial charge >= 0.3 is 0 Å². The molecule has 0 heterocycles. The number of benzene rings is 2. The maximum absolute atomic E-state index is 5.43. The van der Waals surface area contributed by atoms with Crippen molar-refractivity contribution in [3.8, 4) is 5.75 Å². The van der Waals surface area contributed by atoms with E-state index >= 15 is 0 Å². The van der Waals surface area contributed by atoms with Gasteiger partial charge in [-0.2, -0.15) is 0 Å². The van der Waals surface area contributed by atoms with Crippen LogP contribution < -0.4 is 4.74 Å². The predicted molar refractivity (Wildman–Crippen MR) is 81.6 cm³/mol.